The largest absolute Gasteiger partial charge is 0.489 e. The van der Waals surface area contributed by atoms with Gasteiger partial charge in [0.15, 0.2) is 0 Å². The van der Waals surface area contributed by atoms with Crippen LogP contribution in [0.5, 0.6) is 5.75 Å². The van der Waals surface area contributed by atoms with Crippen LogP contribution in [0, 0.1) is 0 Å². The minimum Gasteiger partial charge on any atom is -0.489 e. The molecule has 1 amide bonds. The van der Waals surface area contributed by atoms with Gasteiger partial charge < -0.3 is 19.9 Å². The summed E-state index contributed by atoms with van der Waals surface area (Å²) in [4.78, 5) is 18.5. The van der Waals surface area contributed by atoms with Gasteiger partial charge in [0, 0.05) is 36.7 Å². The van der Waals surface area contributed by atoms with E-state index >= 15 is 0 Å². The Morgan fingerprint density at radius 3 is 2.67 bits per heavy atom. The fraction of sp³-hybridized carbons (Fsp3) is 0.250. The van der Waals surface area contributed by atoms with Crippen molar-refractivity contribution < 1.29 is 9.53 Å². The van der Waals surface area contributed by atoms with E-state index in [0.29, 0.717) is 19.6 Å². The third kappa shape index (κ3) is 5.10. The molecule has 1 aliphatic rings. The smallest absolute Gasteiger partial charge is 0.240 e. The minimum absolute atomic E-state index is 0.182. The number of benzene rings is 3. The van der Waals surface area contributed by atoms with Crippen molar-refractivity contribution in [2.45, 2.75) is 25.5 Å². The molecule has 1 unspecified atom stereocenters. The van der Waals surface area contributed by atoms with Gasteiger partial charge >= 0.3 is 0 Å². The van der Waals surface area contributed by atoms with E-state index in [-0.39, 0.29) is 11.9 Å². The highest BCUT2D eigenvalue weighted by Crippen LogP contribution is 2.21. The van der Waals surface area contributed by atoms with E-state index in [1.54, 1.807) is 0 Å². The highest BCUT2D eigenvalue weighted by Gasteiger charge is 2.28. The predicted molar refractivity (Wildman–Crippen MR) is 131 cm³/mol. The minimum atomic E-state index is -0.182. The van der Waals surface area contributed by atoms with E-state index in [9.17, 15) is 4.79 Å². The molecule has 5 nitrogen and oxygen atoms in total. The first-order valence-electron chi connectivity index (χ1n) is 11.6. The molecule has 1 aliphatic heterocycles. The Hall–Kier alpha value is -3.57. The van der Waals surface area contributed by atoms with Gasteiger partial charge in [-0.3, -0.25) is 4.79 Å². The number of aromatic nitrogens is 1. The topological polar surface area (TPSA) is 57.4 Å². The summed E-state index contributed by atoms with van der Waals surface area (Å²) in [5.74, 6) is 1.04. The van der Waals surface area contributed by atoms with Crippen LogP contribution in [0.15, 0.2) is 85.1 Å². The van der Waals surface area contributed by atoms with Gasteiger partial charge in [-0.15, -0.1) is 0 Å². The van der Waals surface area contributed by atoms with E-state index in [1.165, 1.54) is 16.5 Å². The molecule has 1 fully saturated rings. The van der Waals surface area contributed by atoms with Crippen molar-refractivity contribution in [2.75, 3.05) is 19.6 Å². The number of aromatic amines is 1. The summed E-state index contributed by atoms with van der Waals surface area (Å²) in [6.07, 6.45) is 3.54. The van der Waals surface area contributed by atoms with Gasteiger partial charge in [0.05, 0.1) is 6.04 Å². The number of piperazine rings is 1. The zero-order chi connectivity index (χ0) is 22.5. The number of fused-ring (bicyclic) bond motifs is 1. The SMILES string of the molecule is O=C1C(Cc2c[nH]c3ccccc23)NCCN1CCc1cccc(OCc2ccccc2)c1. The van der Waals surface area contributed by atoms with Crippen LogP contribution >= 0.6 is 0 Å². The Morgan fingerprint density at radius 1 is 0.939 bits per heavy atom. The lowest BCUT2D eigenvalue weighted by atomic mass is 10.0. The van der Waals surface area contributed by atoms with Crippen molar-refractivity contribution in [3.63, 3.8) is 0 Å². The van der Waals surface area contributed by atoms with Crippen LogP contribution in [0.1, 0.15) is 16.7 Å². The molecule has 1 saturated heterocycles. The van der Waals surface area contributed by atoms with E-state index < -0.39 is 0 Å². The number of para-hydroxylation sites is 1. The second-order valence-corrected chi connectivity index (χ2v) is 8.57. The Balaban J connectivity index is 1.18. The summed E-state index contributed by atoms with van der Waals surface area (Å²) in [5, 5.41) is 4.61. The summed E-state index contributed by atoms with van der Waals surface area (Å²) in [7, 11) is 0. The van der Waals surface area contributed by atoms with E-state index in [0.717, 1.165) is 36.3 Å². The second kappa shape index (κ2) is 9.92. The number of H-pyrrole nitrogens is 1. The Bertz CT molecular complexity index is 1220. The highest BCUT2D eigenvalue weighted by atomic mass is 16.5. The van der Waals surface area contributed by atoms with Crippen molar-refractivity contribution in [3.8, 4) is 5.75 Å². The molecule has 5 rings (SSSR count). The predicted octanol–water partition coefficient (Wildman–Crippen LogP) is 4.33. The summed E-state index contributed by atoms with van der Waals surface area (Å²) in [6, 6.07) is 26.4. The van der Waals surface area contributed by atoms with Crippen LogP contribution in [0.2, 0.25) is 0 Å². The maximum Gasteiger partial charge on any atom is 0.240 e. The zero-order valence-electron chi connectivity index (χ0n) is 18.7. The lowest BCUT2D eigenvalue weighted by molar-refractivity contribution is -0.135. The van der Waals surface area contributed by atoms with Crippen molar-refractivity contribution >= 4 is 16.8 Å². The van der Waals surface area contributed by atoms with Crippen molar-refractivity contribution in [2.24, 2.45) is 0 Å². The Morgan fingerprint density at radius 2 is 1.76 bits per heavy atom. The Kier molecular flexibility index (Phi) is 6.40. The number of nitrogens with one attached hydrogen (secondary N) is 2. The summed E-state index contributed by atoms with van der Waals surface area (Å²) >= 11 is 0. The van der Waals surface area contributed by atoms with Gasteiger partial charge in [-0.05, 0) is 47.7 Å². The van der Waals surface area contributed by atoms with Crippen molar-refractivity contribution in [1.82, 2.24) is 15.2 Å². The van der Waals surface area contributed by atoms with Gasteiger partial charge in [-0.25, -0.2) is 0 Å². The fourth-order valence-electron chi connectivity index (χ4n) is 4.49. The molecule has 2 N–H and O–H groups in total. The lowest BCUT2D eigenvalue weighted by Crippen LogP contribution is -2.56. The van der Waals surface area contributed by atoms with Crippen molar-refractivity contribution in [1.29, 1.82) is 0 Å². The molecule has 1 aromatic heterocycles. The molecule has 0 bridgehead atoms. The average molecular weight is 440 g/mol. The van der Waals surface area contributed by atoms with Gasteiger partial charge in [0.2, 0.25) is 5.91 Å². The number of nitrogens with zero attached hydrogens (tertiary/aromatic N) is 1. The van der Waals surface area contributed by atoms with Crippen LogP contribution in [0.4, 0.5) is 0 Å². The van der Waals surface area contributed by atoms with Crippen LogP contribution in [0.3, 0.4) is 0 Å². The summed E-state index contributed by atoms with van der Waals surface area (Å²) in [5.41, 5.74) is 4.62. The number of carbonyl (C=O) groups excluding carboxylic acids is 1. The normalized spacial score (nSPS) is 16.3. The molecule has 1 atom stereocenters. The van der Waals surface area contributed by atoms with Gasteiger partial charge in [-0.1, -0.05) is 60.7 Å². The van der Waals surface area contributed by atoms with Crippen LogP contribution in [0.25, 0.3) is 10.9 Å². The van der Waals surface area contributed by atoms with E-state index in [2.05, 4.69) is 46.7 Å². The first-order chi connectivity index (χ1) is 16.3. The standard InChI is InChI=1S/C28H29N3O2/c32-28-27(18-23-19-30-26-12-5-4-11-25(23)26)29-14-16-31(28)15-13-21-9-6-10-24(17-21)33-20-22-7-2-1-3-8-22/h1-12,17,19,27,29-30H,13-16,18,20H2. The molecule has 4 aromatic rings. The van der Waals surface area contributed by atoms with Crippen LogP contribution in [-0.2, 0) is 24.2 Å². The summed E-state index contributed by atoms with van der Waals surface area (Å²) in [6.45, 7) is 2.83. The molecule has 33 heavy (non-hydrogen) atoms. The number of hydrogen-bond acceptors (Lipinski definition) is 3. The van der Waals surface area contributed by atoms with Gasteiger partial charge in [0.1, 0.15) is 12.4 Å². The second-order valence-electron chi connectivity index (χ2n) is 8.57. The molecular weight excluding hydrogens is 410 g/mol. The van der Waals surface area contributed by atoms with Gasteiger partial charge in [0.25, 0.3) is 0 Å². The number of amides is 1. The fourth-order valence-corrected chi connectivity index (χ4v) is 4.49. The molecule has 0 aliphatic carbocycles. The molecule has 0 saturated carbocycles. The molecule has 0 radical (unpaired) electrons. The zero-order valence-corrected chi connectivity index (χ0v) is 18.7. The first kappa shape index (κ1) is 21.3. The quantitative estimate of drug-likeness (QED) is 0.430. The van der Waals surface area contributed by atoms with Crippen LogP contribution in [-0.4, -0.2) is 41.5 Å². The maximum absolute atomic E-state index is 13.2. The number of rotatable bonds is 8. The Labute approximate surface area is 194 Å². The highest BCUT2D eigenvalue weighted by molar-refractivity contribution is 5.86. The maximum atomic E-state index is 13.2. The molecule has 5 heteroatoms. The van der Waals surface area contributed by atoms with Crippen molar-refractivity contribution in [3.05, 3.63) is 102 Å². The summed E-state index contributed by atoms with van der Waals surface area (Å²) < 4.78 is 5.96. The average Bonchev–Trinajstić information content (AvgIpc) is 3.27. The third-order valence-electron chi connectivity index (χ3n) is 6.30. The number of ether oxygens (including phenoxy) is 1. The van der Waals surface area contributed by atoms with E-state index in [4.69, 9.17) is 4.74 Å². The molecular formula is C28H29N3O2. The number of carbonyl (C=O) groups is 1. The molecule has 168 valence electrons. The molecule has 0 spiro atoms. The monoisotopic (exact) mass is 439 g/mol. The molecule has 3 aromatic carbocycles. The number of hydrogen-bond donors (Lipinski definition) is 2. The third-order valence-corrected chi connectivity index (χ3v) is 6.30. The first-order valence-corrected chi connectivity index (χ1v) is 11.6. The van der Waals surface area contributed by atoms with Gasteiger partial charge in [-0.2, -0.15) is 0 Å². The van der Waals surface area contributed by atoms with E-state index in [1.807, 2.05) is 53.6 Å². The lowest BCUT2D eigenvalue weighted by Gasteiger charge is -2.33. The van der Waals surface area contributed by atoms with Crippen LogP contribution < -0.4 is 10.1 Å². The molecule has 2 heterocycles.